The van der Waals surface area contributed by atoms with Gasteiger partial charge in [0.05, 0.1) is 6.54 Å². The first-order chi connectivity index (χ1) is 10.9. The van der Waals surface area contributed by atoms with Gasteiger partial charge in [0.25, 0.3) is 5.91 Å². The molecule has 2 atom stereocenters. The molecule has 1 aliphatic carbocycles. The van der Waals surface area contributed by atoms with Crippen LogP contribution in [0.2, 0.25) is 0 Å². The van der Waals surface area contributed by atoms with Crippen molar-refractivity contribution >= 4 is 11.9 Å². The van der Waals surface area contributed by atoms with Crippen LogP contribution in [0.25, 0.3) is 0 Å². The number of amides is 3. The number of rotatable bonds is 6. The summed E-state index contributed by atoms with van der Waals surface area (Å²) in [7, 11) is 0. The number of nitrogens with zero attached hydrogens (tertiary/aromatic N) is 1. The highest BCUT2D eigenvalue weighted by Gasteiger charge is 2.56. The molecule has 0 spiro atoms. The van der Waals surface area contributed by atoms with Gasteiger partial charge in [-0.2, -0.15) is 0 Å². The summed E-state index contributed by atoms with van der Waals surface area (Å²) in [6.45, 7) is 1.33. The average molecular weight is 322 g/mol. The molecule has 1 heterocycles. The maximum absolute atomic E-state index is 13.4. The maximum Gasteiger partial charge on any atom is 0.325 e. The van der Waals surface area contributed by atoms with Gasteiger partial charge >= 0.3 is 6.03 Å². The van der Waals surface area contributed by atoms with Crippen molar-refractivity contribution in [1.82, 2.24) is 10.2 Å². The lowest BCUT2D eigenvalue weighted by Crippen LogP contribution is -2.46. The number of β-amino-alcohol motifs (C(OH)–C–C–N with tert-alkyl or cyclic N) is 1. The number of aliphatic hydroxyl groups is 1. The lowest BCUT2D eigenvalue weighted by Gasteiger charge is -2.22. The molecular formula is C16H19FN2O4. The van der Waals surface area contributed by atoms with Crippen molar-refractivity contribution in [1.29, 1.82) is 0 Å². The van der Waals surface area contributed by atoms with E-state index in [1.54, 1.807) is 13.0 Å². The Morgan fingerprint density at radius 1 is 1.43 bits per heavy atom. The minimum atomic E-state index is -1.09. The maximum atomic E-state index is 13.4. The molecule has 3 amide bonds. The van der Waals surface area contributed by atoms with Crippen LogP contribution in [0.4, 0.5) is 9.18 Å². The molecule has 1 saturated carbocycles. The van der Waals surface area contributed by atoms with E-state index in [0.29, 0.717) is 0 Å². The molecule has 2 N–H and O–H groups in total. The van der Waals surface area contributed by atoms with Gasteiger partial charge in [-0.15, -0.1) is 0 Å². The Morgan fingerprint density at radius 2 is 2.13 bits per heavy atom. The molecule has 2 unspecified atom stereocenters. The summed E-state index contributed by atoms with van der Waals surface area (Å²) in [6, 6.07) is 5.34. The second-order valence-corrected chi connectivity index (χ2v) is 6.22. The highest BCUT2D eigenvalue weighted by molar-refractivity contribution is 6.07. The third-order valence-corrected chi connectivity index (χ3v) is 4.36. The summed E-state index contributed by atoms with van der Waals surface area (Å²) in [5, 5.41) is 12.7. The molecule has 2 aliphatic rings. The van der Waals surface area contributed by atoms with Crippen LogP contribution in [-0.2, 0) is 4.79 Å². The summed E-state index contributed by atoms with van der Waals surface area (Å²) in [4.78, 5) is 25.4. The van der Waals surface area contributed by atoms with E-state index in [-0.39, 0.29) is 30.7 Å². The lowest BCUT2D eigenvalue weighted by atomic mass is 9.96. The van der Waals surface area contributed by atoms with Gasteiger partial charge in [0.2, 0.25) is 0 Å². The molecule has 2 fully saturated rings. The average Bonchev–Trinajstić information content (AvgIpc) is 3.33. The van der Waals surface area contributed by atoms with Crippen molar-refractivity contribution in [2.45, 2.75) is 31.4 Å². The van der Waals surface area contributed by atoms with Crippen molar-refractivity contribution in [2.75, 3.05) is 13.2 Å². The van der Waals surface area contributed by atoms with E-state index in [4.69, 9.17) is 4.74 Å². The van der Waals surface area contributed by atoms with E-state index in [1.807, 2.05) is 0 Å². The van der Waals surface area contributed by atoms with Crippen LogP contribution in [0.15, 0.2) is 24.3 Å². The number of hydrogen-bond acceptors (Lipinski definition) is 4. The Bertz CT molecular complexity index is 634. The molecule has 124 valence electrons. The van der Waals surface area contributed by atoms with Gasteiger partial charge in [0.15, 0.2) is 11.6 Å². The number of nitrogens with one attached hydrogen (secondary N) is 1. The first-order valence-electron chi connectivity index (χ1n) is 7.61. The standard InChI is InChI=1S/C16H19FN2O4/c1-16(10-6-7-10)14(21)19(15(22)18-16)8-11(20)9-23-13-5-3-2-4-12(13)17/h2-5,10-11,20H,6-9H2,1H3,(H,18,22). The lowest BCUT2D eigenvalue weighted by molar-refractivity contribution is -0.132. The highest BCUT2D eigenvalue weighted by atomic mass is 19.1. The fraction of sp³-hybridized carbons (Fsp3) is 0.500. The number of hydrogen-bond donors (Lipinski definition) is 2. The normalized spacial score (nSPS) is 25.4. The number of carbonyl (C=O) groups excluding carboxylic acids is 2. The summed E-state index contributed by atoms with van der Waals surface area (Å²) < 4.78 is 18.6. The topological polar surface area (TPSA) is 78.9 Å². The van der Waals surface area contributed by atoms with Gasteiger partial charge in [0.1, 0.15) is 18.2 Å². The van der Waals surface area contributed by atoms with Crippen LogP contribution in [0.1, 0.15) is 19.8 Å². The Labute approximate surface area is 133 Å². The number of ether oxygens (including phenoxy) is 1. The minimum absolute atomic E-state index is 0.0200. The number of urea groups is 1. The predicted molar refractivity (Wildman–Crippen MR) is 79.3 cm³/mol. The Hall–Kier alpha value is -2.15. The monoisotopic (exact) mass is 322 g/mol. The van der Waals surface area contributed by atoms with Gasteiger partial charge in [0, 0.05) is 0 Å². The number of carbonyl (C=O) groups is 2. The van der Waals surface area contributed by atoms with E-state index < -0.39 is 23.5 Å². The number of aliphatic hydroxyl groups excluding tert-OH is 1. The van der Waals surface area contributed by atoms with E-state index in [2.05, 4.69) is 5.32 Å². The van der Waals surface area contributed by atoms with Crippen molar-refractivity contribution in [2.24, 2.45) is 5.92 Å². The van der Waals surface area contributed by atoms with Gasteiger partial charge in [-0.05, 0) is 37.8 Å². The van der Waals surface area contributed by atoms with Crippen LogP contribution in [-0.4, -0.2) is 46.7 Å². The van der Waals surface area contributed by atoms with Crippen LogP contribution < -0.4 is 10.1 Å². The molecule has 1 saturated heterocycles. The zero-order valence-corrected chi connectivity index (χ0v) is 12.8. The summed E-state index contributed by atoms with van der Waals surface area (Å²) in [6.07, 6.45) is 0.732. The van der Waals surface area contributed by atoms with Crippen LogP contribution in [0.5, 0.6) is 5.75 Å². The zero-order chi connectivity index (χ0) is 16.6. The number of imide groups is 1. The fourth-order valence-corrected chi connectivity index (χ4v) is 2.83. The Morgan fingerprint density at radius 3 is 2.78 bits per heavy atom. The molecule has 1 aromatic carbocycles. The number of halogens is 1. The Balaban J connectivity index is 1.57. The zero-order valence-electron chi connectivity index (χ0n) is 12.8. The van der Waals surface area contributed by atoms with Crippen LogP contribution in [0.3, 0.4) is 0 Å². The van der Waals surface area contributed by atoms with Gasteiger partial charge in [-0.1, -0.05) is 12.1 Å². The minimum Gasteiger partial charge on any atom is -0.488 e. The molecule has 0 bridgehead atoms. The highest BCUT2D eigenvalue weighted by Crippen LogP contribution is 2.42. The molecule has 6 nitrogen and oxygen atoms in total. The molecule has 3 rings (SSSR count). The summed E-state index contributed by atoms with van der Waals surface area (Å²) in [5.74, 6) is -0.673. The second-order valence-electron chi connectivity index (χ2n) is 6.22. The first kappa shape index (κ1) is 15.7. The van der Waals surface area contributed by atoms with Crippen molar-refractivity contribution in [3.05, 3.63) is 30.1 Å². The van der Waals surface area contributed by atoms with Gasteiger partial charge < -0.3 is 15.2 Å². The largest absolute Gasteiger partial charge is 0.488 e. The summed E-state index contributed by atoms with van der Waals surface area (Å²) >= 11 is 0. The molecule has 23 heavy (non-hydrogen) atoms. The van der Waals surface area contributed by atoms with E-state index in [0.717, 1.165) is 17.7 Å². The number of para-hydroxylation sites is 1. The van der Waals surface area contributed by atoms with Crippen LogP contribution in [0, 0.1) is 11.7 Å². The third-order valence-electron chi connectivity index (χ3n) is 4.36. The Kier molecular flexibility index (Phi) is 3.97. The summed E-state index contributed by atoms with van der Waals surface area (Å²) in [5.41, 5.74) is -0.872. The fourth-order valence-electron chi connectivity index (χ4n) is 2.83. The quantitative estimate of drug-likeness (QED) is 0.774. The number of benzene rings is 1. The van der Waals surface area contributed by atoms with E-state index in [9.17, 15) is 19.1 Å². The van der Waals surface area contributed by atoms with Crippen molar-refractivity contribution in [3.63, 3.8) is 0 Å². The van der Waals surface area contributed by atoms with Gasteiger partial charge in [-0.25, -0.2) is 9.18 Å². The second kappa shape index (κ2) is 5.81. The van der Waals surface area contributed by atoms with E-state index in [1.165, 1.54) is 18.2 Å². The third kappa shape index (κ3) is 3.01. The molecular weight excluding hydrogens is 303 g/mol. The SMILES string of the molecule is CC1(C2CC2)NC(=O)N(CC(O)COc2ccccc2F)C1=O. The smallest absolute Gasteiger partial charge is 0.325 e. The van der Waals surface area contributed by atoms with E-state index >= 15 is 0 Å². The molecule has 0 aromatic heterocycles. The molecule has 1 aliphatic heterocycles. The molecule has 7 heteroatoms. The predicted octanol–water partition coefficient (Wildman–Crippen LogP) is 1.29. The van der Waals surface area contributed by atoms with Gasteiger partial charge in [-0.3, -0.25) is 9.69 Å². The van der Waals surface area contributed by atoms with Crippen molar-refractivity contribution < 1.29 is 23.8 Å². The molecule has 1 aromatic rings. The van der Waals surface area contributed by atoms with Crippen molar-refractivity contribution in [3.8, 4) is 5.75 Å². The molecule has 0 radical (unpaired) electrons. The first-order valence-corrected chi connectivity index (χ1v) is 7.61. The van der Waals surface area contributed by atoms with Crippen LogP contribution >= 0.6 is 0 Å².